The maximum absolute atomic E-state index is 13.1. The summed E-state index contributed by atoms with van der Waals surface area (Å²) >= 11 is 0. The Labute approximate surface area is 147 Å². The minimum Gasteiger partial charge on any atom is -0.352 e. The molecule has 2 aromatic carbocycles. The molecule has 3 aromatic rings. The SMILES string of the molecule is O=C(Cc1n[nH]c(Cc2ccc(F)cc2)n1)NCc1cc(F)cc(F)c1. The van der Waals surface area contributed by atoms with Crippen molar-refractivity contribution >= 4 is 5.91 Å². The van der Waals surface area contributed by atoms with E-state index in [-0.39, 0.29) is 24.7 Å². The normalized spacial score (nSPS) is 10.7. The molecule has 26 heavy (non-hydrogen) atoms. The van der Waals surface area contributed by atoms with Crippen molar-refractivity contribution < 1.29 is 18.0 Å². The third kappa shape index (κ3) is 4.92. The van der Waals surface area contributed by atoms with Crippen LogP contribution in [0.15, 0.2) is 42.5 Å². The van der Waals surface area contributed by atoms with Crippen LogP contribution >= 0.6 is 0 Å². The van der Waals surface area contributed by atoms with E-state index in [1.165, 1.54) is 12.1 Å². The fraction of sp³-hybridized carbons (Fsp3) is 0.167. The zero-order valence-electron chi connectivity index (χ0n) is 13.6. The largest absolute Gasteiger partial charge is 0.352 e. The van der Waals surface area contributed by atoms with Gasteiger partial charge < -0.3 is 5.32 Å². The molecule has 8 heteroatoms. The van der Waals surface area contributed by atoms with Crippen molar-refractivity contribution in [3.05, 3.63) is 82.7 Å². The topological polar surface area (TPSA) is 70.7 Å². The fourth-order valence-electron chi connectivity index (χ4n) is 2.41. The highest BCUT2D eigenvalue weighted by atomic mass is 19.1. The number of nitrogens with zero attached hydrogens (tertiary/aromatic N) is 2. The third-order valence-corrected chi connectivity index (χ3v) is 3.59. The van der Waals surface area contributed by atoms with Gasteiger partial charge in [-0.15, -0.1) is 0 Å². The molecule has 2 N–H and O–H groups in total. The summed E-state index contributed by atoms with van der Waals surface area (Å²) in [4.78, 5) is 16.1. The van der Waals surface area contributed by atoms with Crippen molar-refractivity contribution in [2.24, 2.45) is 0 Å². The first-order valence-electron chi connectivity index (χ1n) is 7.84. The maximum Gasteiger partial charge on any atom is 0.228 e. The highest BCUT2D eigenvalue weighted by Gasteiger charge is 2.10. The number of hydrogen-bond acceptors (Lipinski definition) is 3. The Hall–Kier alpha value is -3.16. The average Bonchev–Trinajstić information content (AvgIpc) is 3.01. The lowest BCUT2D eigenvalue weighted by Gasteiger charge is -2.04. The Kier molecular flexibility index (Phi) is 5.31. The molecule has 0 aliphatic rings. The quantitative estimate of drug-likeness (QED) is 0.710. The number of benzene rings is 2. The average molecular weight is 360 g/mol. The van der Waals surface area contributed by atoms with Gasteiger partial charge in [0.1, 0.15) is 23.3 Å². The van der Waals surface area contributed by atoms with Gasteiger partial charge in [-0.2, -0.15) is 5.10 Å². The summed E-state index contributed by atoms with van der Waals surface area (Å²) in [6.07, 6.45) is 0.356. The predicted molar refractivity (Wildman–Crippen MR) is 87.5 cm³/mol. The summed E-state index contributed by atoms with van der Waals surface area (Å²) in [5.74, 6) is -1.25. The van der Waals surface area contributed by atoms with Crippen LogP contribution in [0, 0.1) is 17.5 Å². The van der Waals surface area contributed by atoms with Crippen LogP contribution in [0.5, 0.6) is 0 Å². The van der Waals surface area contributed by atoms with E-state index in [0.717, 1.165) is 23.8 Å². The first-order valence-corrected chi connectivity index (χ1v) is 7.84. The van der Waals surface area contributed by atoms with Crippen molar-refractivity contribution in [1.29, 1.82) is 0 Å². The Balaban J connectivity index is 1.53. The molecule has 0 bridgehead atoms. The molecule has 5 nitrogen and oxygen atoms in total. The van der Waals surface area contributed by atoms with Gasteiger partial charge in [0.2, 0.25) is 5.91 Å². The predicted octanol–water partition coefficient (Wildman–Crippen LogP) is 2.67. The highest BCUT2D eigenvalue weighted by Crippen LogP contribution is 2.09. The monoisotopic (exact) mass is 360 g/mol. The van der Waals surface area contributed by atoms with Crippen molar-refractivity contribution in [3.63, 3.8) is 0 Å². The van der Waals surface area contributed by atoms with Gasteiger partial charge in [-0.3, -0.25) is 9.89 Å². The molecule has 134 valence electrons. The third-order valence-electron chi connectivity index (χ3n) is 3.59. The molecule has 0 saturated carbocycles. The van der Waals surface area contributed by atoms with E-state index in [9.17, 15) is 18.0 Å². The van der Waals surface area contributed by atoms with E-state index in [1.807, 2.05) is 0 Å². The highest BCUT2D eigenvalue weighted by molar-refractivity contribution is 5.77. The molecule has 0 aliphatic carbocycles. The smallest absolute Gasteiger partial charge is 0.228 e. The van der Waals surface area contributed by atoms with E-state index in [0.29, 0.717) is 23.6 Å². The van der Waals surface area contributed by atoms with Gasteiger partial charge in [-0.25, -0.2) is 18.2 Å². The van der Waals surface area contributed by atoms with Crippen molar-refractivity contribution in [2.45, 2.75) is 19.4 Å². The summed E-state index contributed by atoms with van der Waals surface area (Å²) in [6, 6.07) is 9.06. The molecular formula is C18H15F3N4O. The Morgan fingerprint density at radius 3 is 2.35 bits per heavy atom. The molecule has 0 atom stereocenters. The van der Waals surface area contributed by atoms with Gasteiger partial charge in [0.25, 0.3) is 0 Å². The molecule has 0 spiro atoms. The maximum atomic E-state index is 13.1. The van der Waals surface area contributed by atoms with Crippen LogP contribution in [0.3, 0.4) is 0 Å². The number of carbonyl (C=O) groups is 1. The van der Waals surface area contributed by atoms with Crippen molar-refractivity contribution in [2.75, 3.05) is 0 Å². The van der Waals surface area contributed by atoms with E-state index in [1.54, 1.807) is 12.1 Å². The number of rotatable bonds is 6. The molecule has 0 fully saturated rings. The second-order valence-electron chi connectivity index (χ2n) is 5.73. The molecule has 0 aliphatic heterocycles. The van der Waals surface area contributed by atoms with Crippen LogP contribution in [-0.2, 0) is 24.2 Å². The zero-order chi connectivity index (χ0) is 18.5. The standard InChI is InChI=1S/C18H15F3N4O/c19-13-3-1-11(2-4-13)7-16-23-17(25-24-16)9-18(26)22-10-12-5-14(20)8-15(21)6-12/h1-6,8H,7,9-10H2,(H,22,26)(H,23,24,25). The summed E-state index contributed by atoms with van der Waals surface area (Å²) < 4.78 is 39.1. The second kappa shape index (κ2) is 7.81. The van der Waals surface area contributed by atoms with Crippen LogP contribution in [-0.4, -0.2) is 21.1 Å². The summed E-state index contributed by atoms with van der Waals surface area (Å²) in [5, 5.41) is 9.25. The van der Waals surface area contributed by atoms with Gasteiger partial charge >= 0.3 is 0 Å². The minimum atomic E-state index is -0.700. The first-order chi connectivity index (χ1) is 12.5. The lowest BCUT2D eigenvalue weighted by molar-refractivity contribution is -0.120. The summed E-state index contributed by atoms with van der Waals surface area (Å²) in [5.41, 5.74) is 1.18. The Morgan fingerprint density at radius 1 is 0.962 bits per heavy atom. The fourth-order valence-corrected chi connectivity index (χ4v) is 2.41. The second-order valence-corrected chi connectivity index (χ2v) is 5.73. The zero-order valence-corrected chi connectivity index (χ0v) is 13.6. The van der Waals surface area contributed by atoms with Crippen molar-refractivity contribution in [3.8, 4) is 0 Å². The number of H-pyrrole nitrogens is 1. The minimum absolute atomic E-state index is 0.000370. The number of halogens is 3. The Morgan fingerprint density at radius 2 is 1.65 bits per heavy atom. The lowest BCUT2D eigenvalue weighted by atomic mass is 10.1. The lowest BCUT2D eigenvalue weighted by Crippen LogP contribution is -2.25. The van der Waals surface area contributed by atoms with E-state index >= 15 is 0 Å². The van der Waals surface area contributed by atoms with Crippen LogP contribution in [0.25, 0.3) is 0 Å². The van der Waals surface area contributed by atoms with Gasteiger partial charge in [-0.1, -0.05) is 12.1 Å². The number of hydrogen-bond donors (Lipinski definition) is 2. The molecule has 0 radical (unpaired) electrons. The van der Waals surface area contributed by atoms with E-state index < -0.39 is 11.6 Å². The number of aromatic nitrogens is 3. The van der Waals surface area contributed by atoms with Crippen LogP contribution in [0.4, 0.5) is 13.2 Å². The molecule has 1 heterocycles. The number of amides is 1. The number of aromatic amines is 1. The molecule has 1 aromatic heterocycles. The number of nitrogens with one attached hydrogen (secondary N) is 2. The molecule has 0 unspecified atom stereocenters. The van der Waals surface area contributed by atoms with Gasteiger partial charge in [0, 0.05) is 19.0 Å². The van der Waals surface area contributed by atoms with E-state index in [2.05, 4.69) is 20.5 Å². The molecule has 1 amide bonds. The first kappa shape index (κ1) is 17.7. The summed E-state index contributed by atoms with van der Waals surface area (Å²) in [6.45, 7) is 0.000370. The van der Waals surface area contributed by atoms with E-state index in [4.69, 9.17) is 0 Å². The van der Waals surface area contributed by atoms with Gasteiger partial charge in [0.15, 0.2) is 5.82 Å². The van der Waals surface area contributed by atoms with Gasteiger partial charge in [-0.05, 0) is 35.4 Å². The van der Waals surface area contributed by atoms with Crippen LogP contribution < -0.4 is 5.32 Å². The summed E-state index contributed by atoms with van der Waals surface area (Å²) in [7, 11) is 0. The van der Waals surface area contributed by atoms with Crippen molar-refractivity contribution in [1.82, 2.24) is 20.5 Å². The van der Waals surface area contributed by atoms with Crippen LogP contribution in [0.2, 0.25) is 0 Å². The molecule has 0 saturated heterocycles. The molecular weight excluding hydrogens is 345 g/mol. The van der Waals surface area contributed by atoms with Crippen LogP contribution in [0.1, 0.15) is 22.8 Å². The number of carbonyl (C=O) groups excluding carboxylic acids is 1. The van der Waals surface area contributed by atoms with Gasteiger partial charge in [0.05, 0.1) is 6.42 Å². The Bertz CT molecular complexity index is 889. The molecule has 3 rings (SSSR count).